The normalized spacial score (nSPS) is 15.0. The van der Waals surface area contributed by atoms with E-state index in [1.165, 1.54) is 22.5 Å². The zero-order valence-electron chi connectivity index (χ0n) is 18.0. The number of nitrogens with zero attached hydrogens (tertiary/aromatic N) is 3. The number of methoxy groups -OCH3 is 2. The van der Waals surface area contributed by atoms with Crippen molar-refractivity contribution in [1.82, 2.24) is 14.3 Å². The topological polar surface area (TPSA) is 82.4 Å². The first-order chi connectivity index (χ1) is 16.0. The van der Waals surface area contributed by atoms with Crippen molar-refractivity contribution in [2.75, 3.05) is 27.4 Å². The van der Waals surface area contributed by atoms with Crippen molar-refractivity contribution in [3.63, 3.8) is 0 Å². The maximum atomic E-state index is 13.3. The summed E-state index contributed by atoms with van der Waals surface area (Å²) in [5, 5.41) is 0. The third-order valence-electron chi connectivity index (χ3n) is 4.89. The Morgan fingerprint density at radius 1 is 1.09 bits per heavy atom. The van der Waals surface area contributed by atoms with Gasteiger partial charge in [-0.1, -0.05) is 42.2 Å². The van der Waals surface area contributed by atoms with E-state index in [0.29, 0.717) is 45.9 Å². The fourth-order valence-electron chi connectivity index (χ4n) is 3.28. The summed E-state index contributed by atoms with van der Waals surface area (Å²) in [6.45, 7) is 0.957. The molecule has 8 nitrogen and oxygen atoms in total. The van der Waals surface area contributed by atoms with Crippen molar-refractivity contribution >= 4 is 45.9 Å². The number of thioether (sulfide) groups is 1. The highest BCUT2D eigenvalue weighted by atomic mass is 32.2. The van der Waals surface area contributed by atoms with Crippen LogP contribution in [0.25, 0.3) is 11.7 Å². The summed E-state index contributed by atoms with van der Waals surface area (Å²) in [5.41, 5.74) is 0.189. The van der Waals surface area contributed by atoms with Gasteiger partial charge in [0, 0.05) is 26.5 Å². The Hall–Kier alpha value is -3.21. The van der Waals surface area contributed by atoms with Crippen LogP contribution < -0.4 is 15.0 Å². The average molecular weight is 484 g/mol. The first-order valence-corrected chi connectivity index (χ1v) is 11.3. The number of rotatable bonds is 8. The van der Waals surface area contributed by atoms with Crippen molar-refractivity contribution in [2.24, 2.45) is 0 Å². The first-order valence-electron chi connectivity index (χ1n) is 10.1. The Labute approximate surface area is 199 Å². The molecule has 1 fully saturated rings. The molecule has 10 heteroatoms. The summed E-state index contributed by atoms with van der Waals surface area (Å²) in [6, 6.07) is 12.3. The van der Waals surface area contributed by atoms with Gasteiger partial charge in [-0.15, -0.1) is 0 Å². The summed E-state index contributed by atoms with van der Waals surface area (Å²) in [6.07, 6.45) is 3.76. The zero-order chi connectivity index (χ0) is 23.4. The van der Waals surface area contributed by atoms with Crippen molar-refractivity contribution in [3.05, 3.63) is 69.5 Å². The Balaban J connectivity index is 1.79. The van der Waals surface area contributed by atoms with E-state index in [-0.39, 0.29) is 22.9 Å². The molecule has 0 radical (unpaired) electrons. The summed E-state index contributed by atoms with van der Waals surface area (Å²) < 4.78 is 18.3. The number of ether oxygens (including phenoxy) is 3. The molecule has 0 unspecified atom stereocenters. The minimum absolute atomic E-state index is 0.0698. The highest BCUT2D eigenvalue weighted by Crippen LogP contribution is 2.35. The van der Waals surface area contributed by atoms with Crippen LogP contribution >= 0.6 is 24.0 Å². The Kier molecular flexibility index (Phi) is 7.07. The minimum atomic E-state index is -0.366. The van der Waals surface area contributed by atoms with E-state index in [1.54, 1.807) is 49.7 Å². The predicted octanol–water partition coefficient (Wildman–Crippen LogP) is 3.73. The lowest BCUT2D eigenvalue weighted by molar-refractivity contribution is -0.122. The number of aromatic nitrogens is 2. The van der Waals surface area contributed by atoms with Crippen LogP contribution in [0.3, 0.4) is 0 Å². The van der Waals surface area contributed by atoms with Crippen LogP contribution in [-0.2, 0) is 9.53 Å². The quantitative estimate of drug-likeness (QED) is 0.272. The molecular formula is C23H21N3O5S2. The molecule has 2 aromatic heterocycles. The van der Waals surface area contributed by atoms with Crippen LogP contribution in [0, 0.1) is 0 Å². The summed E-state index contributed by atoms with van der Waals surface area (Å²) in [7, 11) is 3.13. The van der Waals surface area contributed by atoms with E-state index in [2.05, 4.69) is 4.98 Å². The number of hydrogen-bond acceptors (Lipinski definition) is 8. The summed E-state index contributed by atoms with van der Waals surface area (Å²) in [4.78, 5) is 32.7. The first kappa shape index (κ1) is 23.0. The van der Waals surface area contributed by atoms with Gasteiger partial charge >= 0.3 is 0 Å². The fourth-order valence-corrected chi connectivity index (χ4v) is 4.57. The lowest BCUT2D eigenvalue weighted by atomic mass is 10.2. The molecule has 1 aliphatic rings. The minimum Gasteiger partial charge on any atom is -0.493 e. The summed E-state index contributed by atoms with van der Waals surface area (Å²) in [5.74, 6) is 0.694. The number of fused-ring (bicyclic) bond motifs is 1. The van der Waals surface area contributed by atoms with Gasteiger partial charge in [-0.3, -0.25) is 18.9 Å². The number of benzene rings is 1. The lowest BCUT2D eigenvalue weighted by Crippen LogP contribution is -2.29. The molecule has 0 spiro atoms. The Morgan fingerprint density at radius 3 is 2.61 bits per heavy atom. The molecule has 1 aromatic carbocycles. The number of amides is 1. The number of para-hydroxylation sites is 2. The van der Waals surface area contributed by atoms with E-state index in [9.17, 15) is 9.59 Å². The van der Waals surface area contributed by atoms with E-state index in [0.717, 1.165) is 11.8 Å². The van der Waals surface area contributed by atoms with E-state index >= 15 is 0 Å². The van der Waals surface area contributed by atoms with Gasteiger partial charge in [-0.25, -0.2) is 0 Å². The molecule has 3 heterocycles. The molecule has 3 aromatic rings. The van der Waals surface area contributed by atoms with Crippen LogP contribution in [0.5, 0.6) is 17.4 Å². The third kappa shape index (κ3) is 4.77. The predicted molar refractivity (Wildman–Crippen MR) is 131 cm³/mol. The number of carbonyl (C=O) groups is 1. The molecule has 1 saturated heterocycles. The van der Waals surface area contributed by atoms with E-state index in [1.807, 2.05) is 6.07 Å². The van der Waals surface area contributed by atoms with Crippen molar-refractivity contribution in [2.45, 2.75) is 6.42 Å². The number of thiocarbonyl (C=S) groups is 1. The highest BCUT2D eigenvalue weighted by molar-refractivity contribution is 8.26. The van der Waals surface area contributed by atoms with Crippen LogP contribution in [0.2, 0.25) is 0 Å². The Morgan fingerprint density at radius 2 is 1.85 bits per heavy atom. The molecule has 0 saturated carbocycles. The van der Waals surface area contributed by atoms with Crippen LogP contribution in [0.4, 0.5) is 0 Å². The van der Waals surface area contributed by atoms with Gasteiger partial charge in [0.15, 0.2) is 11.5 Å². The second kappa shape index (κ2) is 10.2. The zero-order valence-corrected chi connectivity index (χ0v) is 19.6. The molecule has 0 N–H and O–H groups in total. The van der Waals surface area contributed by atoms with Crippen molar-refractivity contribution in [3.8, 4) is 17.4 Å². The third-order valence-corrected chi connectivity index (χ3v) is 6.27. The molecule has 1 aliphatic heterocycles. The van der Waals surface area contributed by atoms with Gasteiger partial charge in [-0.05, 0) is 36.8 Å². The second-order valence-electron chi connectivity index (χ2n) is 7.00. The molecule has 0 bridgehead atoms. The summed E-state index contributed by atoms with van der Waals surface area (Å²) >= 11 is 6.52. The smallest absolute Gasteiger partial charge is 0.269 e. The number of carbonyl (C=O) groups excluding carboxylic acids is 1. The second-order valence-corrected chi connectivity index (χ2v) is 8.67. The SMILES string of the molecule is COCCCN1C(=O)C(=Cc2c(Oc3ccccc3OC)nc3ccccn3c2=O)SC1=S. The van der Waals surface area contributed by atoms with Gasteiger partial charge in [0.1, 0.15) is 15.5 Å². The average Bonchev–Trinajstić information content (AvgIpc) is 3.09. The van der Waals surface area contributed by atoms with Gasteiger partial charge in [-0.2, -0.15) is 4.98 Å². The van der Waals surface area contributed by atoms with E-state index in [4.69, 9.17) is 26.4 Å². The number of hydrogen-bond donors (Lipinski definition) is 0. The van der Waals surface area contributed by atoms with Crippen molar-refractivity contribution < 1.29 is 19.0 Å². The van der Waals surface area contributed by atoms with Crippen molar-refractivity contribution in [1.29, 1.82) is 0 Å². The largest absolute Gasteiger partial charge is 0.493 e. The maximum Gasteiger partial charge on any atom is 0.269 e. The standard InChI is InChI=1S/C23H21N3O5S2/c1-29-13-7-12-26-22(28)18(33-23(26)32)14-15-20(31-17-9-4-3-8-16(17)30-2)24-19-10-5-6-11-25(19)21(15)27/h3-6,8-11,14H,7,12-13H2,1-2H3. The molecule has 170 valence electrons. The maximum absolute atomic E-state index is 13.3. The van der Waals surface area contributed by atoms with Gasteiger partial charge in [0.25, 0.3) is 11.5 Å². The van der Waals surface area contributed by atoms with Gasteiger partial charge in [0.2, 0.25) is 5.88 Å². The highest BCUT2D eigenvalue weighted by Gasteiger charge is 2.32. The van der Waals surface area contributed by atoms with Crippen LogP contribution in [0.1, 0.15) is 12.0 Å². The van der Waals surface area contributed by atoms with Crippen LogP contribution in [0.15, 0.2) is 58.4 Å². The van der Waals surface area contributed by atoms with Gasteiger partial charge < -0.3 is 14.2 Å². The molecule has 1 amide bonds. The van der Waals surface area contributed by atoms with E-state index < -0.39 is 0 Å². The lowest BCUT2D eigenvalue weighted by Gasteiger charge is -2.14. The molecule has 33 heavy (non-hydrogen) atoms. The number of pyridine rings is 1. The molecule has 0 aliphatic carbocycles. The van der Waals surface area contributed by atoms with Gasteiger partial charge in [0.05, 0.1) is 12.0 Å². The molecule has 0 atom stereocenters. The molecule has 4 rings (SSSR count). The van der Waals surface area contributed by atoms with Crippen LogP contribution in [-0.4, -0.2) is 51.9 Å². The molecular weight excluding hydrogens is 462 g/mol. The monoisotopic (exact) mass is 483 g/mol. The Bertz CT molecular complexity index is 1300. The fraction of sp³-hybridized carbons (Fsp3) is 0.217.